The average molecular weight is 471 g/mol. The van der Waals surface area contributed by atoms with Crippen LogP contribution in [0.25, 0.3) is 17.0 Å². The van der Waals surface area contributed by atoms with Crippen LogP contribution in [-0.2, 0) is 5.75 Å². The van der Waals surface area contributed by atoms with Crippen molar-refractivity contribution in [2.24, 2.45) is 0 Å². The van der Waals surface area contributed by atoms with Gasteiger partial charge in [0.2, 0.25) is 5.16 Å². The lowest BCUT2D eigenvalue weighted by Gasteiger charge is -2.11. The first-order chi connectivity index (χ1) is 14.1. The minimum atomic E-state index is 0.566. The molecule has 2 heterocycles. The second-order valence-electron chi connectivity index (χ2n) is 6.37. The third-order valence-corrected chi connectivity index (χ3v) is 5.82. The Hall–Kier alpha value is -2.58. The smallest absolute Gasteiger partial charge is 0.253 e. The van der Waals surface area contributed by atoms with Gasteiger partial charge in [-0.25, -0.2) is 4.98 Å². The Labute approximate surface area is 181 Å². The highest BCUT2D eigenvalue weighted by atomic mass is 79.9. The normalized spacial score (nSPS) is 11.0. The molecule has 6 nitrogen and oxygen atoms in total. The zero-order chi connectivity index (χ0) is 20.4. The molecule has 0 aliphatic carbocycles. The number of rotatable bonds is 6. The number of nitrogens with zero attached hydrogens (tertiary/aromatic N) is 4. The topological polar surface area (TPSA) is 61.5 Å². The summed E-state index contributed by atoms with van der Waals surface area (Å²) in [5.74, 6) is 2.79. The molecule has 0 atom stereocenters. The molecule has 0 saturated heterocycles. The summed E-state index contributed by atoms with van der Waals surface area (Å²) in [6.07, 6.45) is 0. The molecule has 0 saturated carbocycles. The first-order valence-corrected chi connectivity index (χ1v) is 10.7. The minimum Gasteiger partial charge on any atom is -0.497 e. The molecule has 0 unspecified atom stereocenters. The van der Waals surface area contributed by atoms with Gasteiger partial charge in [-0.15, -0.1) is 5.10 Å². The van der Waals surface area contributed by atoms with E-state index in [-0.39, 0.29) is 0 Å². The van der Waals surface area contributed by atoms with Crippen molar-refractivity contribution in [2.45, 2.75) is 17.8 Å². The van der Waals surface area contributed by atoms with Crippen molar-refractivity contribution in [3.8, 4) is 22.8 Å². The molecule has 0 spiro atoms. The molecule has 0 radical (unpaired) electrons. The third kappa shape index (κ3) is 4.23. The standard InChI is InChI=1S/C21H19BrN4O2S/c1-13-10-18(17-9-8-16(27-2)11-19(17)28-3)26-20(23-13)24-21(25-26)29-12-14-4-6-15(22)7-5-14/h4-11H,12H2,1-3H3. The zero-order valence-corrected chi connectivity index (χ0v) is 18.6. The summed E-state index contributed by atoms with van der Waals surface area (Å²) >= 11 is 5.04. The number of methoxy groups -OCH3 is 2. The van der Waals surface area contributed by atoms with Crippen LogP contribution < -0.4 is 9.47 Å². The maximum atomic E-state index is 5.58. The van der Waals surface area contributed by atoms with Crippen LogP contribution in [0.3, 0.4) is 0 Å². The van der Waals surface area contributed by atoms with Gasteiger partial charge in [0.15, 0.2) is 0 Å². The second kappa shape index (κ2) is 8.42. The number of aryl methyl sites for hydroxylation is 1. The average Bonchev–Trinajstić information content (AvgIpc) is 3.15. The Balaban J connectivity index is 1.71. The molecule has 4 aromatic rings. The van der Waals surface area contributed by atoms with Crippen LogP contribution >= 0.6 is 27.7 Å². The molecule has 0 N–H and O–H groups in total. The molecule has 0 bridgehead atoms. The highest BCUT2D eigenvalue weighted by Crippen LogP contribution is 2.34. The predicted octanol–water partition coefficient (Wildman–Crippen LogP) is 5.17. The Kier molecular flexibility index (Phi) is 5.73. The fourth-order valence-electron chi connectivity index (χ4n) is 2.96. The van der Waals surface area contributed by atoms with Crippen LogP contribution in [0.2, 0.25) is 0 Å². The van der Waals surface area contributed by atoms with E-state index in [0.29, 0.717) is 16.7 Å². The molecular weight excluding hydrogens is 452 g/mol. The quantitative estimate of drug-likeness (QED) is 0.362. The summed E-state index contributed by atoms with van der Waals surface area (Å²) in [4.78, 5) is 9.15. The van der Waals surface area contributed by atoms with Crippen LogP contribution in [-0.4, -0.2) is 33.8 Å². The lowest BCUT2D eigenvalue weighted by molar-refractivity contribution is 0.395. The van der Waals surface area contributed by atoms with Gasteiger partial charge in [0, 0.05) is 27.5 Å². The van der Waals surface area contributed by atoms with Gasteiger partial charge in [0.05, 0.1) is 19.9 Å². The van der Waals surface area contributed by atoms with Gasteiger partial charge in [0.25, 0.3) is 5.78 Å². The highest BCUT2D eigenvalue weighted by Gasteiger charge is 2.16. The van der Waals surface area contributed by atoms with Gasteiger partial charge in [-0.1, -0.05) is 39.8 Å². The molecule has 0 aliphatic rings. The minimum absolute atomic E-state index is 0.566. The SMILES string of the molecule is COc1ccc(-c2cc(C)nc3nc(SCc4ccc(Br)cc4)nn23)c(OC)c1. The number of hydrogen-bond donors (Lipinski definition) is 0. The maximum absolute atomic E-state index is 5.58. The van der Waals surface area contributed by atoms with E-state index in [1.54, 1.807) is 30.5 Å². The van der Waals surface area contributed by atoms with Crippen molar-refractivity contribution in [1.29, 1.82) is 0 Å². The van der Waals surface area contributed by atoms with Crippen molar-refractivity contribution in [3.63, 3.8) is 0 Å². The summed E-state index contributed by atoms with van der Waals surface area (Å²) in [5.41, 5.74) is 3.84. The van der Waals surface area contributed by atoms with Gasteiger partial charge in [-0.05, 0) is 42.8 Å². The van der Waals surface area contributed by atoms with E-state index >= 15 is 0 Å². The molecule has 148 valence electrons. The van der Waals surface area contributed by atoms with Crippen LogP contribution in [0.15, 0.2) is 58.2 Å². The molecule has 2 aromatic carbocycles. The van der Waals surface area contributed by atoms with Crippen molar-refractivity contribution in [3.05, 3.63) is 64.3 Å². The van der Waals surface area contributed by atoms with E-state index in [0.717, 1.165) is 32.9 Å². The summed E-state index contributed by atoms with van der Waals surface area (Å²) in [5, 5.41) is 5.37. The Morgan fingerprint density at radius 1 is 1.00 bits per heavy atom. The number of ether oxygens (including phenoxy) is 2. The van der Waals surface area contributed by atoms with E-state index in [4.69, 9.17) is 14.6 Å². The first kappa shape index (κ1) is 19.7. The van der Waals surface area contributed by atoms with Gasteiger partial charge < -0.3 is 9.47 Å². The summed E-state index contributed by atoms with van der Waals surface area (Å²) in [6, 6.07) is 15.9. The molecule has 29 heavy (non-hydrogen) atoms. The Bertz CT molecular complexity index is 1160. The predicted molar refractivity (Wildman–Crippen MR) is 118 cm³/mol. The largest absolute Gasteiger partial charge is 0.497 e. The van der Waals surface area contributed by atoms with Crippen molar-refractivity contribution >= 4 is 33.5 Å². The molecule has 8 heteroatoms. The fourth-order valence-corrected chi connectivity index (χ4v) is 4.00. The lowest BCUT2D eigenvalue weighted by Crippen LogP contribution is -2.00. The number of benzene rings is 2. The van der Waals surface area contributed by atoms with E-state index in [1.165, 1.54) is 5.56 Å². The van der Waals surface area contributed by atoms with Gasteiger partial charge in [-0.2, -0.15) is 9.50 Å². The van der Waals surface area contributed by atoms with Crippen molar-refractivity contribution in [1.82, 2.24) is 19.6 Å². The molecule has 2 aromatic heterocycles. The third-order valence-electron chi connectivity index (χ3n) is 4.39. The zero-order valence-electron chi connectivity index (χ0n) is 16.2. The summed E-state index contributed by atoms with van der Waals surface area (Å²) in [7, 11) is 3.28. The number of fused-ring (bicyclic) bond motifs is 1. The Morgan fingerprint density at radius 2 is 1.79 bits per heavy atom. The fraction of sp³-hybridized carbons (Fsp3) is 0.190. The summed E-state index contributed by atoms with van der Waals surface area (Å²) < 4.78 is 13.7. The van der Waals surface area contributed by atoms with Crippen molar-refractivity contribution < 1.29 is 9.47 Å². The number of thioether (sulfide) groups is 1. The van der Waals surface area contributed by atoms with E-state index in [9.17, 15) is 0 Å². The number of aromatic nitrogens is 4. The van der Waals surface area contributed by atoms with E-state index in [2.05, 4.69) is 38.0 Å². The maximum Gasteiger partial charge on any atom is 0.253 e. The van der Waals surface area contributed by atoms with E-state index < -0.39 is 0 Å². The summed E-state index contributed by atoms with van der Waals surface area (Å²) in [6.45, 7) is 1.95. The first-order valence-electron chi connectivity index (χ1n) is 8.91. The van der Waals surface area contributed by atoms with Gasteiger partial charge in [-0.3, -0.25) is 0 Å². The second-order valence-corrected chi connectivity index (χ2v) is 8.23. The lowest BCUT2D eigenvalue weighted by atomic mass is 10.1. The monoisotopic (exact) mass is 470 g/mol. The number of hydrogen-bond acceptors (Lipinski definition) is 6. The van der Waals surface area contributed by atoms with Gasteiger partial charge in [0.1, 0.15) is 11.5 Å². The molecule has 4 rings (SSSR count). The molecular formula is C21H19BrN4O2S. The molecule has 0 fully saturated rings. The molecule has 0 amide bonds. The van der Waals surface area contributed by atoms with Crippen LogP contribution in [0.1, 0.15) is 11.3 Å². The number of halogens is 1. The van der Waals surface area contributed by atoms with Crippen LogP contribution in [0, 0.1) is 6.92 Å². The van der Waals surface area contributed by atoms with E-state index in [1.807, 2.05) is 43.3 Å². The van der Waals surface area contributed by atoms with Crippen LogP contribution in [0.5, 0.6) is 11.5 Å². The molecule has 0 aliphatic heterocycles. The van der Waals surface area contributed by atoms with Gasteiger partial charge >= 0.3 is 0 Å². The highest BCUT2D eigenvalue weighted by molar-refractivity contribution is 9.10. The van der Waals surface area contributed by atoms with Crippen LogP contribution in [0.4, 0.5) is 0 Å². The van der Waals surface area contributed by atoms with Crippen molar-refractivity contribution in [2.75, 3.05) is 14.2 Å². The Morgan fingerprint density at radius 3 is 2.52 bits per heavy atom.